The molecule has 7 nitrogen and oxygen atoms in total. The number of esters is 2. The number of para-hydroxylation sites is 2. The molecule has 4 aromatic rings. The lowest BCUT2D eigenvalue weighted by molar-refractivity contribution is -0.142. The van der Waals surface area contributed by atoms with Gasteiger partial charge in [0.2, 0.25) is 0 Å². The number of methoxy groups -OCH3 is 1. The third kappa shape index (κ3) is 5.51. The first kappa shape index (κ1) is 24.9. The number of ether oxygens (including phenoxy) is 2. The van der Waals surface area contributed by atoms with Crippen molar-refractivity contribution in [1.29, 1.82) is 0 Å². The average Bonchev–Trinajstić information content (AvgIpc) is 2.85. The van der Waals surface area contributed by atoms with Crippen molar-refractivity contribution in [3.63, 3.8) is 0 Å². The summed E-state index contributed by atoms with van der Waals surface area (Å²) in [6.07, 6.45) is 0.188. The Labute approximate surface area is 209 Å². The van der Waals surface area contributed by atoms with E-state index in [1.54, 1.807) is 45.0 Å². The van der Waals surface area contributed by atoms with Gasteiger partial charge in [0.25, 0.3) is 5.91 Å². The molecule has 0 aliphatic rings. The lowest BCUT2D eigenvalue weighted by Gasteiger charge is -2.20. The zero-order valence-corrected chi connectivity index (χ0v) is 20.7. The Kier molecular flexibility index (Phi) is 7.01. The first-order chi connectivity index (χ1) is 17.2. The summed E-state index contributed by atoms with van der Waals surface area (Å²) in [5, 5.41) is 4.24. The molecule has 0 aliphatic carbocycles. The Hall–Kier alpha value is -4.26. The van der Waals surface area contributed by atoms with Crippen LogP contribution in [0.1, 0.15) is 47.1 Å². The molecule has 0 bridgehead atoms. The molecule has 1 amide bonds. The van der Waals surface area contributed by atoms with Gasteiger partial charge in [0.05, 0.1) is 29.3 Å². The molecule has 0 saturated heterocycles. The van der Waals surface area contributed by atoms with Crippen LogP contribution in [0.15, 0.2) is 72.8 Å². The predicted molar refractivity (Wildman–Crippen MR) is 138 cm³/mol. The van der Waals surface area contributed by atoms with Gasteiger partial charge in [-0.1, -0.05) is 48.5 Å². The number of carbonyl (C=O) groups is 3. The Morgan fingerprint density at radius 2 is 1.42 bits per heavy atom. The highest BCUT2D eigenvalue weighted by molar-refractivity contribution is 6.16. The fraction of sp³-hybridized carbons (Fsp3) is 0.241. The fourth-order valence-corrected chi connectivity index (χ4v) is 4.00. The van der Waals surface area contributed by atoms with Crippen LogP contribution in [0.4, 0.5) is 0 Å². The molecule has 184 valence electrons. The Morgan fingerprint density at radius 1 is 0.861 bits per heavy atom. The van der Waals surface area contributed by atoms with Crippen molar-refractivity contribution < 1.29 is 23.9 Å². The molecular weight excluding hydrogens is 456 g/mol. The van der Waals surface area contributed by atoms with Gasteiger partial charge in [-0.05, 0) is 50.6 Å². The predicted octanol–water partition coefficient (Wildman–Crippen LogP) is 4.86. The van der Waals surface area contributed by atoms with Crippen molar-refractivity contribution in [2.75, 3.05) is 7.11 Å². The van der Waals surface area contributed by atoms with Gasteiger partial charge in [-0.2, -0.15) is 0 Å². The molecule has 0 fully saturated rings. The molecule has 0 aliphatic heterocycles. The molecule has 0 saturated carbocycles. The summed E-state index contributed by atoms with van der Waals surface area (Å²) in [7, 11) is 1.28. The van der Waals surface area contributed by atoms with E-state index in [0.717, 1.165) is 5.56 Å². The quantitative estimate of drug-likeness (QED) is 0.310. The highest BCUT2D eigenvalue weighted by atomic mass is 16.6. The number of rotatable bonds is 6. The first-order valence-corrected chi connectivity index (χ1v) is 11.6. The van der Waals surface area contributed by atoms with Crippen LogP contribution in [0, 0.1) is 0 Å². The maximum Gasteiger partial charge on any atom is 0.338 e. The van der Waals surface area contributed by atoms with Crippen molar-refractivity contribution in [3.05, 3.63) is 89.5 Å². The van der Waals surface area contributed by atoms with Crippen LogP contribution in [0.2, 0.25) is 0 Å². The molecule has 1 N–H and O–H groups in total. The van der Waals surface area contributed by atoms with Crippen LogP contribution in [-0.2, 0) is 20.7 Å². The summed E-state index contributed by atoms with van der Waals surface area (Å²) < 4.78 is 10.4. The van der Waals surface area contributed by atoms with Gasteiger partial charge in [-0.25, -0.2) is 14.6 Å². The van der Waals surface area contributed by atoms with Crippen LogP contribution >= 0.6 is 0 Å². The zero-order valence-electron chi connectivity index (χ0n) is 20.7. The summed E-state index contributed by atoms with van der Waals surface area (Å²) in [6.45, 7) is 5.41. The highest BCUT2D eigenvalue weighted by Gasteiger charge is 2.25. The van der Waals surface area contributed by atoms with E-state index < -0.39 is 29.5 Å². The third-order valence-corrected chi connectivity index (χ3v) is 5.63. The summed E-state index contributed by atoms with van der Waals surface area (Å²) in [4.78, 5) is 43.1. The molecule has 0 radical (unpaired) electrons. The lowest BCUT2D eigenvalue weighted by Crippen LogP contribution is -2.43. The topological polar surface area (TPSA) is 94.6 Å². The number of amides is 1. The first-order valence-electron chi connectivity index (χ1n) is 11.6. The summed E-state index contributed by atoms with van der Waals surface area (Å²) in [5.41, 5.74) is 2.38. The normalized spacial score (nSPS) is 12.2. The largest absolute Gasteiger partial charge is 0.467 e. The monoisotopic (exact) mass is 484 g/mol. The highest BCUT2D eigenvalue weighted by Crippen LogP contribution is 2.26. The van der Waals surface area contributed by atoms with Gasteiger partial charge in [0, 0.05) is 17.2 Å². The van der Waals surface area contributed by atoms with E-state index in [1.165, 1.54) is 7.11 Å². The molecule has 0 spiro atoms. The number of hydrogen-bond acceptors (Lipinski definition) is 6. The fourth-order valence-electron chi connectivity index (χ4n) is 4.00. The summed E-state index contributed by atoms with van der Waals surface area (Å²) >= 11 is 0. The van der Waals surface area contributed by atoms with Crippen LogP contribution in [0.5, 0.6) is 0 Å². The molecular formula is C29H28N2O5. The molecule has 0 unspecified atom stereocenters. The van der Waals surface area contributed by atoms with E-state index in [-0.39, 0.29) is 6.42 Å². The number of aromatic nitrogens is 1. The van der Waals surface area contributed by atoms with Crippen molar-refractivity contribution >= 4 is 39.7 Å². The maximum atomic E-state index is 13.6. The van der Waals surface area contributed by atoms with Crippen LogP contribution in [0.25, 0.3) is 21.8 Å². The molecule has 36 heavy (non-hydrogen) atoms. The second-order valence-electron chi connectivity index (χ2n) is 9.47. The lowest BCUT2D eigenvalue weighted by atomic mass is 10.00. The van der Waals surface area contributed by atoms with Crippen molar-refractivity contribution in [2.24, 2.45) is 0 Å². The van der Waals surface area contributed by atoms with Crippen molar-refractivity contribution in [3.8, 4) is 0 Å². The second-order valence-corrected chi connectivity index (χ2v) is 9.47. The molecule has 7 heteroatoms. The smallest absolute Gasteiger partial charge is 0.338 e. The summed E-state index contributed by atoms with van der Waals surface area (Å²) in [6, 6.07) is 20.6. The van der Waals surface area contributed by atoms with E-state index in [0.29, 0.717) is 32.9 Å². The van der Waals surface area contributed by atoms with Gasteiger partial charge in [-0.15, -0.1) is 0 Å². The van der Waals surface area contributed by atoms with Crippen molar-refractivity contribution in [2.45, 2.75) is 38.8 Å². The minimum Gasteiger partial charge on any atom is -0.467 e. The van der Waals surface area contributed by atoms with Gasteiger partial charge in [0.1, 0.15) is 11.6 Å². The number of fused-ring (bicyclic) bond motifs is 2. The van der Waals surface area contributed by atoms with E-state index in [2.05, 4.69) is 10.3 Å². The van der Waals surface area contributed by atoms with Gasteiger partial charge in [-0.3, -0.25) is 4.79 Å². The zero-order chi connectivity index (χ0) is 25.9. The number of hydrogen-bond donors (Lipinski definition) is 1. The van der Waals surface area contributed by atoms with E-state index in [4.69, 9.17) is 9.47 Å². The van der Waals surface area contributed by atoms with Crippen LogP contribution in [-0.4, -0.2) is 41.6 Å². The van der Waals surface area contributed by atoms with Gasteiger partial charge in [0.15, 0.2) is 0 Å². The third-order valence-electron chi connectivity index (χ3n) is 5.63. The second kappa shape index (κ2) is 10.2. The van der Waals surface area contributed by atoms with E-state index in [9.17, 15) is 14.4 Å². The van der Waals surface area contributed by atoms with Crippen LogP contribution < -0.4 is 5.32 Å². The van der Waals surface area contributed by atoms with Gasteiger partial charge >= 0.3 is 11.9 Å². The molecule has 1 heterocycles. The van der Waals surface area contributed by atoms with E-state index in [1.807, 2.05) is 48.5 Å². The molecule has 1 atom stereocenters. The number of benzene rings is 3. The van der Waals surface area contributed by atoms with Crippen molar-refractivity contribution in [1.82, 2.24) is 10.3 Å². The SMILES string of the molecule is COC(=O)[C@@H](Cc1ccc(C(=O)OC(C)(C)C)cc1)NC(=O)c1c2ccccc2nc2ccccc12. The molecule has 4 rings (SSSR count). The summed E-state index contributed by atoms with van der Waals surface area (Å²) in [5.74, 6) is -1.39. The Balaban J connectivity index is 1.61. The maximum absolute atomic E-state index is 13.6. The average molecular weight is 485 g/mol. The number of carbonyl (C=O) groups excluding carboxylic acids is 3. The number of nitrogens with zero attached hydrogens (tertiary/aromatic N) is 1. The van der Waals surface area contributed by atoms with Crippen LogP contribution in [0.3, 0.4) is 0 Å². The minimum absolute atomic E-state index is 0.188. The molecule has 1 aromatic heterocycles. The van der Waals surface area contributed by atoms with Gasteiger partial charge < -0.3 is 14.8 Å². The molecule has 3 aromatic carbocycles. The number of pyridine rings is 1. The Bertz CT molecular complexity index is 1380. The standard InChI is InChI=1S/C29H28N2O5/c1-29(2,3)36-27(33)19-15-13-18(14-16-19)17-24(28(34)35-4)31-26(32)25-20-9-5-7-11-22(20)30-23-12-8-6-10-21(23)25/h5-16,24H,17H2,1-4H3,(H,31,32)/t24-/m1/s1. The minimum atomic E-state index is -0.930. The Morgan fingerprint density at radius 3 is 1.94 bits per heavy atom. The van der Waals surface area contributed by atoms with E-state index >= 15 is 0 Å². The number of nitrogens with one attached hydrogen (secondary N) is 1.